The molecular weight excluding hydrogens is 120 g/mol. The Morgan fingerprint density at radius 3 is 2.75 bits per heavy atom. The van der Waals surface area contributed by atoms with Crippen LogP contribution in [0, 0.1) is 6.92 Å². The van der Waals surface area contributed by atoms with Gasteiger partial charge in [-0.15, -0.1) is 0 Å². The van der Waals surface area contributed by atoms with E-state index in [9.17, 15) is 0 Å². The third-order valence-corrected chi connectivity index (χ3v) is 1.11. The summed E-state index contributed by atoms with van der Waals surface area (Å²) in [5, 5.41) is 0. The molecule has 0 saturated heterocycles. The Labute approximate surface area is 56.8 Å². The second kappa shape index (κ2) is 5.45. The van der Waals surface area contributed by atoms with E-state index in [1.165, 1.54) is 0 Å². The Hall–Kier alpha value is 0.310. The maximum atomic E-state index is 5.12. The second-order valence-electron chi connectivity index (χ2n) is 1.59. The van der Waals surface area contributed by atoms with Gasteiger partial charge in [0.1, 0.15) is 0 Å². The smallest absolute Gasteiger partial charge is 0.0583 e. The summed E-state index contributed by atoms with van der Waals surface area (Å²) in [7, 11) is 0. The van der Waals surface area contributed by atoms with Crippen LogP contribution in [0.25, 0.3) is 0 Å². The standard InChI is InChI=1S/C6H13OS/c1-3-7-6(2)4-5-8/h6,8H,2-5H2,1H3. The molecule has 0 heterocycles. The summed E-state index contributed by atoms with van der Waals surface area (Å²) in [6.07, 6.45) is 1.08. The normalized spacial score (nSPS) is 13.9. The van der Waals surface area contributed by atoms with Gasteiger partial charge in [0, 0.05) is 6.61 Å². The average molecular weight is 133 g/mol. The topological polar surface area (TPSA) is 9.23 Å². The predicted molar refractivity (Wildman–Crippen MR) is 39.2 cm³/mol. The first-order valence-corrected chi connectivity index (χ1v) is 3.50. The molecule has 0 N–H and O–H groups in total. The SMILES string of the molecule is [CH2]C(CCS)OCC. The molecule has 0 aromatic rings. The fourth-order valence-electron chi connectivity index (χ4n) is 0.463. The molecule has 1 atom stereocenters. The lowest BCUT2D eigenvalue weighted by molar-refractivity contribution is 0.0928. The van der Waals surface area contributed by atoms with Gasteiger partial charge >= 0.3 is 0 Å². The van der Waals surface area contributed by atoms with Crippen molar-refractivity contribution in [2.45, 2.75) is 19.4 Å². The van der Waals surface area contributed by atoms with Crippen molar-refractivity contribution in [1.29, 1.82) is 0 Å². The molecule has 0 aromatic heterocycles. The Morgan fingerprint density at radius 2 is 2.38 bits per heavy atom. The van der Waals surface area contributed by atoms with E-state index in [1.54, 1.807) is 0 Å². The van der Waals surface area contributed by atoms with Gasteiger partial charge in [0.2, 0.25) is 0 Å². The maximum absolute atomic E-state index is 5.12. The first kappa shape index (κ1) is 8.31. The van der Waals surface area contributed by atoms with Gasteiger partial charge in [0.15, 0.2) is 0 Å². The average Bonchev–Trinajstić information content (AvgIpc) is 1.68. The first-order chi connectivity index (χ1) is 3.81. The van der Waals surface area contributed by atoms with Crippen molar-refractivity contribution in [2.75, 3.05) is 12.4 Å². The highest BCUT2D eigenvalue weighted by molar-refractivity contribution is 7.80. The Morgan fingerprint density at radius 1 is 1.75 bits per heavy atom. The molecule has 0 bridgehead atoms. The van der Waals surface area contributed by atoms with Crippen LogP contribution < -0.4 is 0 Å². The lowest BCUT2D eigenvalue weighted by Crippen LogP contribution is -2.08. The maximum Gasteiger partial charge on any atom is 0.0583 e. The zero-order valence-corrected chi connectivity index (χ0v) is 6.16. The van der Waals surface area contributed by atoms with E-state index in [1.807, 2.05) is 6.92 Å². The summed E-state index contributed by atoms with van der Waals surface area (Å²) in [5.74, 6) is 0.855. The predicted octanol–water partition coefficient (Wildman–Crippen LogP) is 1.55. The van der Waals surface area contributed by atoms with Gasteiger partial charge in [-0.25, -0.2) is 0 Å². The molecule has 49 valence electrons. The molecule has 1 unspecified atom stereocenters. The summed E-state index contributed by atoms with van der Waals surface area (Å²) < 4.78 is 5.12. The molecular formula is C6H13OS. The summed E-state index contributed by atoms with van der Waals surface area (Å²) >= 11 is 4.03. The number of hydrogen-bond donors (Lipinski definition) is 1. The Balaban J connectivity index is 2.92. The molecule has 8 heavy (non-hydrogen) atoms. The minimum Gasteiger partial charge on any atom is -0.378 e. The van der Waals surface area contributed by atoms with Gasteiger partial charge in [-0.05, 0) is 26.0 Å². The van der Waals surface area contributed by atoms with Crippen LogP contribution >= 0.6 is 12.6 Å². The first-order valence-electron chi connectivity index (χ1n) is 2.86. The molecule has 1 radical (unpaired) electrons. The number of hydrogen-bond acceptors (Lipinski definition) is 2. The zero-order valence-electron chi connectivity index (χ0n) is 5.26. The largest absolute Gasteiger partial charge is 0.378 e. The van der Waals surface area contributed by atoms with Crippen LogP contribution in [0.1, 0.15) is 13.3 Å². The van der Waals surface area contributed by atoms with Crippen molar-refractivity contribution in [3.8, 4) is 0 Å². The number of ether oxygens (including phenoxy) is 1. The van der Waals surface area contributed by atoms with E-state index >= 15 is 0 Å². The zero-order chi connectivity index (χ0) is 6.41. The second-order valence-corrected chi connectivity index (χ2v) is 2.04. The van der Waals surface area contributed by atoms with Crippen molar-refractivity contribution in [1.82, 2.24) is 0 Å². The molecule has 0 aliphatic carbocycles. The number of thiol groups is 1. The lowest BCUT2D eigenvalue weighted by atomic mass is 10.3. The van der Waals surface area contributed by atoms with Crippen molar-refractivity contribution in [3.05, 3.63) is 6.92 Å². The Kier molecular flexibility index (Phi) is 5.66. The third kappa shape index (κ3) is 4.47. The highest BCUT2D eigenvalue weighted by Crippen LogP contribution is 1.96. The molecule has 2 heteroatoms. The Bertz CT molecular complexity index is 41.8. The highest BCUT2D eigenvalue weighted by Gasteiger charge is 1.96. The molecule has 0 rings (SSSR count). The van der Waals surface area contributed by atoms with Crippen molar-refractivity contribution in [3.63, 3.8) is 0 Å². The van der Waals surface area contributed by atoms with E-state index < -0.39 is 0 Å². The molecule has 0 saturated carbocycles. The van der Waals surface area contributed by atoms with Crippen LogP contribution in [0.15, 0.2) is 0 Å². The van der Waals surface area contributed by atoms with Crippen molar-refractivity contribution >= 4 is 12.6 Å². The van der Waals surface area contributed by atoms with E-state index in [2.05, 4.69) is 19.6 Å². The van der Waals surface area contributed by atoms with Crippen LogP contribution in [0.5, 0.6) is 0 Å². The van der Waals surface area contributed by atoms with Crippen LogP contribution in [0.2, 0.25) is 0 Å². The molecule has 0 spiro atoms. The van der Waals surface area contributed by atoms with E-state index in [0.29, 0.717) is 0 Å². The van der Waals surface area contributed by atoms with Gasteiger partial charge in [-0.2, -0.15) is 12.6 Å². The molecule has 0 aromatic carbocycles. The van der Waals surface area contributed by atoms with Crippen LogP contribution in [-0.4, -0.2) is 18.5 Å². The molecule has 0 fully saturated rings. The molecule has 0 aliphatic heterocycles. The number of rotatable bonds is 4. The minimum absolute atomic E-state index is 0.137. The van der Waals surface area contributed by atoms with Crippen molar-refractivity contribution in [2.24, 2.45) is 0 Å². The highest BCUT2D eigenvalue weighted by atomic mass is 32.1. The molecule has 0 aliphatic rings. The van der Waals surface area contributed by atoms with E-state index in [4.69, 9.17) is 4.74 Å². The summed E-state index contributed by atoms with van der Waals surface area (Å²) in [6, 6.07) is 0. The van der Waals surface area contributed by atoms with Crippen LogP contribution in [0.3, 0.4) is 0 Å². The molecule has 0 amide bonds. The van der Waals surface area contributed by atoms with Gasteiger partial charge in [0.05, 0.1) is 6.10 Å². The summed E-state index contributed by atoms with van der Waals surface area (Å²) in [5.41, 5.74) is 0. The molecule has 1 nitrogen and oxygen atoms in total. The van der Waals surface area contributed by atoms with Gasteiger partial charge in [-0.1, -0.05) is 0 Å². The van der Waals surface area contributed by atoms with E-state index in [-0.39, 0.29) is 6.10 Å². The lowest BCUT2D eigenvalue weighted by Gasteiger charge is -2.07. The monoisotopic (exact) mass is 133 g/mol. The van der Waals surface area contributed by atoms with Gasteiger partial charge in [0.25, 0.3) is 0 Å². The summed E-state index contributed by atoms with van der Waals surface area (Å²) in [6.45, 7) is 6.47. The van der Waals surface area contributed by atoms with E-state index in [0.717, 1.165) is 18.8 Å². The quantitative estimate of drug-likeness (QED) is 0.572. The van der Waals surface area contributed by atoms with Gasteiger partial charge < -0.3 is 4.74 Å². The van der Waals surface area contributed by atoms with Gasteiger partial charge in [-0.3, -0.25) is 0 Å². The summed E-state index contributed by atoms with van der Waals surface area (Å²) in [4.78, 5) is 0. The van der Waals surface area contributed by atoms with Crippen LogP contribution in [-0.2, 0) is 4.74 Å². The third-order valence-electron chi connectivity index (χ3n) is 0.853. The van der Waals surface area contributed by atoms with Crippen LogP contribution in [0.4, 0.5) is 0 Å². The fraction of sp³-hybridized carbons (Fsp3) is 0.833. The van der Waals surface area contributed by atoms with Crippen molar-refractivity contribution < 1.29 is 4.74 Å². The fourth-order valence-corrected chi connectivity index (χ4v) is 0.751. The minimum atomic E-state index is 0.137.